The number of amides is 2. The van der Waals surface area contributed by atoms with Gasteiger partial charge in [0, 0.05) is 38.8 Å². The molecule has 2 saturated heterocycles. The van der Waals surface area contributed by atoms with Crippen LogP contribution in [0.15, 0.2) is 0 Å². The van der Waals surface area contributed by atoms with E-state index in [0.717, 1.165) is 6.42 Å². The van der Waals surface area contributed by atoms with Gasteiger partial charge in [0.15, 0.2) is 0 Å². The van der Waals surface area contributed by atoms with Crippen LogP contribution in [0.4, 0.5) is 4.79 Å². The van der Waals surface area contributed by atoms with Gasteiger partial charge in [0.2, 0.25) is 10.0 Å². The van der Waals surface area contributed by atoms with E-state index >= 15 is 0 Å². The summed E-state index contributed by atoms with van der Waals surface area (Å²) >= 11 is 0. The average Bonchev–Trinajstić information content (AvgIpc) is 2.81. The van der Waals surface area contributed by atoms with Crippen molar-refractivity contribution in [1.29, 1.82) is 0 Å². The van der Waals surface area contributed by atoms with Crippen LogP contribution in [0, 0.1) is 5.92 Å². The maximum absolute atomic E-state index is 12.6. The van der Waals surface area contributed by atoms with Gasteiger partial charge in [-0.05, 0) is 31.6 Å². The molecule has 0 aromatic rings. The highest BCUT2D eigenvalue weighted by Gasteiger charge is 2.30. The zero-order valence-electron chi connectivity index (χ0n) is 15.7. The Balaban J connectivity index is 1.83. The predicted molar refractivity (Wildman–Crippen MR) is 98.0 cm³/mol. The van der Waals surface area contributed by atoms with Gasteiger partial charge < -0.3 is 15.0 Å². The molecule has 1 atom stereocenters. The van der Waals surface area contributed by atoms with E-state index in [0.29, 0.717) is 58.0 Å². The fourth-order valence-electron chi connectivity index (χ4n) is 3.37. The van der Waals surface area contributed by atoms with Crippen LogP contribution >= 0.6 is 0 Å². The Labute approximate surface area is 152 Å². The molecule has 2 aliphatic heterocycles. The van der Waals surface area contributed by atoms with Gasteiger partial charge in [-0.25, -0.2) is 17.5 Å². The van der Waals surface area contributed by atoms with E-state index in [1.165, 1.54) is 0 Å². The molecular weight excluding hydrogens is 342 g/mol. The minimum Gasteiger partial charge on any atom is -0.376 e. The molecule has 8 heteroatoms. The van der Waals surface area contributed by atoms with Crippen molar-refractivity contribution in [2.45, 2.75) is 58.6 Å². The summed E-state index contributed by atoms with van der Waals surface area (Å²) in [4.78, 5) is 14.4. The van der Waals surface area contributed by atoms with Crippen molar-refractivity contribution in [3.63, 3.8) is 0 Å². The highest BCUT2D eigenvalue weighted by atomic mass is 32.2. The monoisotopic (exact) mass is 375 g/mol. The van der Waals surface area contributed by atoms with Crippen LogP contribution in [-0.4, -0.2) is 74.3 Å². The Bertz CT molecular complexity index is 530. The normalized spacial score (nSPS) is 24.3. The first-order valence-corrected chi connectivity index (χ1v) is 11.1. The van der Waals surface area contributed by atoms with Crippen molar-refractivity contribution in [3.8, 4) is 0 Å². The molecule has 1 unspecified atom stereocenters. The van der Waals surface area contributed by atoms with E-state index in [-0.39, 0.29) is 23.9 Å². The Morgan fingerprint density at radius 3 is 2.52 bits per heavy atom. The summed E-state index contributed by atoms with van der Waals surface area (Å²) in [6.07, 6.45) is 2.91. The van der Waals surface area contributed by atoms with E-state index in [1.54, 1.807) is 4.31 Å². The highest BCUT2D eigenvalue weighted by molar-refractivity contribution is 7.89. The zero-order chi connectivity index (χ0) is 18.4. The number of piperidine rings is 1. The molecule has 2 rings (SSSR count). The van der Waals surface area contributed by atoms with Crippen LogP contribution in [-0.2, 0) is 14.8 Å². The van der Waals surface area contributed by atoms with Crippen LogP contribution in [0.25, 0.3) is 0 Å². The van der Waals surface area contributed by atoms with Gasteiger partial charge in [0.1, 0.15) is 0 Å². The standard InChI is InChI=1S/C17H33N3O4S/c1-4-12-25(22,23)20-9-6-15(7-10-20)18-17(21)19-8-5-11-24-16(13-19)14(2)3/h14-16H,4-13H2,1-3H3,(H,18,21). The summed E-state index contributed by atoms with van der Waals surface area (Å²) in [6.45, 7) is 9.10. The number of nitrogens with zero attached hydrogens (tertiary/aromatic N) is 2. The molecule has 1 N–H and O–H groups in total. The largest absolute Gasteiger partial charge is 0.376 e. The molecule has 7 nitrogen and oxygen atoms in total. The second-order valence-corrected chi connectivity index (χ2v) is 9.48. The Kier molecular flexibility index (Phi) is 7.51. The van der Waals surface area contributed by atoms with Gasteiger partial charge in [-0.1, -0.05) is 20.8 Å². The lowest BCUT2D eigenvalue weighted by Crippen LogP contribution is -2.51. The first-order valence-electron chi connectivity index (χ1n) is 9.48. The topological polar surface area (TPSA) is 79.0 Å². The predicted octanol–water partition coefficient (Wildman–Crippen LogP) is 1.65. The lowest BCUT2D eigenvalue weighted by Gasteiger charge is -2.33. The molecule has 0 bridgehead atoms. The van der Waals surface area contributed by atoms with E-state index in [1.807, 2.05) is 11.8 Å². The zero-order valence-corrected chi connectivity index (χ0v) is 16.6. The number of urea groups is 1. The minimum absolute atomic E-state index is 0.0437. The fraction of sp³-hybridized carbons (Fsp3) is 0.941. The third kappa shape index (κ3) is 5.82. The number of carbonyl (C=O) groups is 1. The lowest BCUT2D eigenvalue weighted by molar-refractivity contribution is 0.0265. The number of ether oxygens (including phenoxy) is 1. The third-order valence-corrected chi connectivity index (χ3v) is 7.05. The van der Waals surface area contributed by atoms with E-state index in [9.17, 15) is 13.2 Å². The quantitative estimate of drug-likeness (QED) is 0.792. The molecular formula is C17H33N3O4S. The second kappa shape index (κ2) is 9.19. The fourth-order valence-corrected chi connectivity index (χ4v) is 4.91. The van der Waals surface area contributed by atoms with Gasteiger partial charge in [-0.15, -0.1) is 0 Å². The number of rotatable bonds is 5. The summed E-state index contributed by atoms with van der Waals surface area (Å²) in [5.41, 5.74) is 0. The third-order valence-electron chi connectivity index (χ3n) is 4.97. The number of nitrogens with one attached hydrogen (secondary N) is 1. The molecule has 2 fully saturated rings. The molecule has 2 heterocycles. The highest BCUT2D eigenvalue weighted by Crippen LogP contribution is 2.17. The van der Waals surface area contributed by atoms with Crippen molar-refractivity contribution in [1.82, 2.24) is 14.5 Å². The molecule has 2 aliphatic rings. The van der Waals surface area contributed by atoms with E-state index in [4.69, 9.17) is 4.74 Å². The van der Waals surface area contributed by atoms with Crippen LogP contribution in [0.5, 0.6) is 0 Å². The van der Waals surface area contributed by atoms with Crippen molar-refractivity contribution in [3.05, 3.63) is 0 Å². The Morgan fingerprint density at radius 1 is 1.24 bits per heavy atom. The molecule has 0 aromatic heterocycles. The van der Waals surface area contributed by atoms with Crippen LogP contribution in [0.2, 0.25) is 0 Å². The minimum atomic E-state index is -3.13. The first-order chi connectivity index (χ1) is 11.8. The molecule has 0 aliphatic carbocycles. The Hall–Kier alpha value is -0.860. The number of sulfonamides is 1. The summed E-state index contributed by atoms with van der Waals surface area (Å²) in [5, 5.41) is 3.09. The van der Waals surface area contributed by atoms with Crippen LogP contribution < -0.4 is 5.32 Å². The molecule has 0 radical (unpaired) electrons. The molecule has 0 spiro atoms. The van der Waals surface area contributed by atoms with Crippen molar-refractivity contribution < 1.29 is 17.9 Å². The summed E-state index contributed by atoms with van der Waals surface area (Å²) in [5.74, 6) is 0.578. The molecule has 0 aromatic carbocycles. The number of hydrogen-bond donors (Lipinski definition) is 1. The maximum atomic E-state index is 12.6. The van der Waals surface area contributed by atoms with Crippen molar-refractivity contribution in [2.24, 2.45) is 5.92 Å². The SMILES string of the molecule is CCCS(=O)(=O)N1CCC(NC(=O)N2CCCOC(C(C)C)C2)CC1. The van der Waals surface area contributed by atoms with E-state index < -0.39 is 10.0 Å². The van der Waals surface area contributed by atoms with Gasteiger partial charge in [0.25, 0.3) is 0 Å². The smallest absolute Gasteiger partial charge is 0.317 e. The molecule has 2 amide bonds. The molecule has 146 valence electrons. The second-order valence-electron chi connectivity index (χ2n) is 7.39. The molecule has 25 heavy (non-hydrogen) atoms. The summed E-state index contributed by atoms with van der Waals surface area (Å²) < 4.78 is 31.6. The number of carbonyl (C=O) groups excluding carboxylic acids is 1. The van der Waals surface area contributed by atoms with Gasteiger partial charge >= 0.3 is 6.03 Å². The summed E-state index contributed by atoms with van der Waals surface area (Å²) in [6, 6.07) is -0.00624. The van der Waals surface area contributed by atoms with Gasteiger partial charge in [-0.2, -0.15) is 0 Å². The number of hydrogen-bond acceptors (Lipinski definition) is 4. The maximum Gasteiger partial charge on any atom is 0.317 e. The lowest BCUT2D eigenvalue weighted by atomic mass is 10.1. The van der Waals surface area contributed by atoms with Crippen molar-refractivity contribution in [2.75, 3.05) is 38.5 Å². The van der Waals surface area contributed by atoms with Crippen LogP contribution in [0.3, 0.4) is 0 Å². The van der Waals surface area contributed by atoms with Crippen LogP contribution in [0.1, 0.15) is 46.5 Å². The van der Waals surface area contributed by atoms with Crippen molar-refractivity contribution >= 4 is 16.1 Å². The average molecular weight is 376 g/mol. The summed E-state index contributed by atoms with van der Waals surface area (Å²) in [7, 11) is -3.13. The first kappa shape index (κ1) is 20.5. The van der Waals surface area contributed by atoms with Gasteiger partial charge in [0.05, 0.1) is 11.9 Å². The molecule has 0 saturated carbocycles. The van der Waals surface area contributed by atoms with E-state index in [2.05, 4.69) is 19.2 Å². The van der Waals surface area contributed by atoms with Gasteiger partial charge in [-0.3, -0.25) is 0 Å². The Morgan fingerprint density at radius 2 is 1.92 bits per heavy atom.